The van der Waals surface area contributed by atoms with E-state index < -0.39 is 10.0 Å². The second-order valence-electron chi connectivity index (χ2n) is 8.94. The van der Waals surface area contributed by atoms with Crippen molar-refractivity contribution < 1.29 is 13.2 Å². The fourth-order valence-corrected chi connectivity index (χ4v) is 6.65. The number of benzene rings is 1. The van der Waals surface area contributed by atoms with E-state index in [1.54, 1.807) is 4.31 Å². The quantitative estimate of drug-likeness (QED) is 0.759. The van der Waals surface area contributed by atoms with Gasteiger partial charge in [0.15, 0.2) is 0 Å². The number of carbonyl (C=O) groups excluding carboxylic acids is 1. The second kappa shape index (κ2) is 7.79. The van der Waals surface area contributed by atoms with E-state index in [0.29, 0.717) is 31.8 Å². The van der Waals surface area contributed by atoms with Crippen LogP contribution in [0.3, 0.4) is 0 Å². The number of nitrogens with one attached hydrogen (secondary N) is 1. The summed E-state index contributed by atoms with van der Waals surface area (Å²) in [6.07, 6.45) is 6.36. The van der Waals surface area contributed by atoms with Crippen LogP contribution in [-0.4, -0.2) is 44.0 Å². The van der Waals surface area contributed by atoms with Crippen molar-refractivity contribution >= 4 is 15.9 Å². The average molecular weight is 405 g/mol. The van der Waals surface area contributed by atoms with Crippen LogP contribution in [0.25, 0.3) is 0 Å². The smallest absolute Gasteiger partial charge is 0.220 e. The van der Waals surface area contributed by atoms with Crippen molar-refractivity contribution in [3.05, 3.63) is 35.4 Å². The van der Waals surface area contributed by atoms with Gasteiger partial charge in [0.05, 0.1) is 5.75 Å². The first-order chi connectivity index (χ1) is 13.4. The first kappa shape index (κ1) is 19.9. The van der Waals surface area contributed by atoms with E-state index in [2.05, 4.69) is 29.6 Å². The van der Waals surface area contributed by atoms with Crippen LogP contribution < -0.4 is 5.32 Å². The molecule has 2 fully saturated rings. The van der Waals surface area contributed by atoms with E-state index in [0.717, 1.165) is 25.8 Å². The average Bonchev–Trinajstić information content (AvgIpc) is 3.46. The Morgan fingerprint density at radius 1 is 1.21 bits per heavy atom. The number of hydrogen-bond acceptors (Lipinski definition) is 3. The van der Waals surface area contributed by atoms with Crippen molar-refractivity contribution in [3.63, 3.8) is 0 Å². The molecule has 1 saturated carbocycles. The zero-order valence-corrected chi connectivity index (χ0v) is 17.6. The van der Waals surface area contributed by atoms with Gasteiger partial charge in [-0.2, -0.15) is 0 Å². The first-order valence-electron chi connectivity index (χ1n) is 10.8. The summed E-state index contributed by atoms with van der Waals surface area (Å²) in [5.41, 5.74) is 2.67. The molecule has 1 heterocycles. The van der Waals surface area contributed by atoms with E-state index in [1.807, 2.05) is 6.92 Å². The number of fused-ring (bicyclic) bond motifs is 2. The molecule has 0 radical (unpaired) electrons. The Bertz CT molecular complexity index is 824. The van der Waals surface area contributed by atoms with E-state index in [9.17, 15) is 13.2 Å². The third kappa shape index (κ3) is 3.99. The Kier molecular flexibility index (Phi) is 5.53. The summed E-state index contributed by atoms with van der Waals surface area (Å²) < 4.78 is 26.6. The van der Waals surface area contributed by atoms with E-state index in [-0.39, 0.29) is 23.0 Å². The van der Waals surface area contributed by atoms with E-state index >= 15 is 0 Å². The molecule has 0 aromatic heterocycles. The van der Waals surface area contributed by atoms with Gasteiger partial charge in [-0.15, -0.1) is 0 Å². The molecule has 3 aliphatic rings. The van der Waals surface area contributed by atoms with Crippen LogP contribution in [0.15, 0.2) is 24.3 Å². The van der Waals surface area contributed by atoms with Gasteiger partial charge in [0, 0.05) is 26.1 Å². The number of rotatable bonds is 7. The van der Waals surface area contributed by atoms with Gasteiger partial charge in [-0.1, -0.05) is 31.2 Å². The molecule has 1 aliphatic heterocycles. The Morgan fingerprint density at radius 2 is 1.93 bits per heavy atom. The normalized spacial score (nSPS) is 24.2. The highest BCUT2D eigenvalue weighted by Gasteiger charge is 2.46. The topological polar surface area (TPSA) is 66.5 Å². The summed E-state index contributed by atoms with van der Waals surface area (Å²) in [5, 5.41) is 3.11. The van der Waals surface area contributed by atoms with Gasteiger partial charge in [-0.05, 0) is 66.9 Å². The van der Waals surface area contributed by atoms with Crippen LogP contribution in [0, 0.1) is 5.92 Å². The fourth-order valence-electron chi connectivity index (χ4n) is 5.14. The van der Waals surface area contributed by atoms with Gasteiger partial charge in [0.25, 0.3) is 0 Å². The van der Waals surface area contributed by atoms with Gasteiger partial charge in [0.1, 0.15) is 0 Å². The summed E-state index contributed by atoms with van der Waals surface area (Å²) in [7, 11) is -3.13. The molecule has 28 heavy (non-hydrogen) atoms. The highest BCUT2D eigenvalue weighted by Crippen LogP contribution is 2.52. The molecule has 1 amide bonds. The van der Waals surface area contributed by atoms with Crippen LogP contribution in [0.4, 0.5) is 0 Å². The highest BCUT2D eigenvalue weighted by atomic mass is 32.2. The van der Waals surface area contributed by atoms with Crippen LogP contribution >= 0.6 is 0 Å². The molecule has 1 spiro atoms. The minimum atomic E-state index is -3.13. The summed E-state index contributed by atoms with van der Waals surface area (Å²) in [6.45, 7) is 3.92. The Labute approximate surface area is 168 Å². The monoisotopic (exact) mass is 404 g/mol. The van der Waals surface area contributed by atoms with Crippen molar-refractivity contribution in [2.45, 2.75) is 63.2 Å². The lowest BCUT2D eigenvalue weighted by Crippen LogP contribution is -2.45. The van der Waals surface area contributed by atoms with Gasteiger partial charge in [0.2, 0.25) is 15.9 Å². The molecule has 1 N–H and O–H groups in total. The lowest BCUT2D eigenvalue weighted by molar-refractivity contribution is -0.121. The number of hydrogen-bond donors (Lipinski definition) is 1. The van der Waals surface area contributed by atoms with Gasteiger partial charge in [-0.3, -0.25) is 4.79 Å². The SMILES string of the molecule is CCCS(=O)(=O)N1CCC2(CC1)C[C@@H](CC(=O)NCC1CC1)c1ccccc12. The van der Waals surface area contributed by atoms with Crippen LogP contribution in [-0.2, 0) is 20.2 Å². The molecule has 2 aliphatic carbocycles. The Balaban J connectivity index is 1.46. The molecule has 1 saturated heterocycles. The number of piperidine rings is 1. The summed E-state index contributed by atoms with van der Waals surface area (Å²) >= 11 is 0. The van der Waals surface area contributed by atoms with Crippen molar-refractivity contribution in [1.29, 1.82) is 0 Å². The maximum Gasteiger partial charge on any atom is 0.220 e. The van der Waals surface area contributed by atoms with Crippen LogP contribution in [0.5, 0.6) is 0 Å². The second-order valence-corrected chi connectivity index (χ2v) is 11.0. The van der Waals surface area contributed by atoms with Crippen molar-refractivity contribution in [2.75, 3.05) is 25.4 Å². The predicted octanol–water partition coefficient (Wildman–Crippen LogP) is 3.16. The number of nitrogens with zero attached hydrogens (tertiary/aromatic N) is 1. The molecular weight excluding hydrogens is 372 g/mol. The van der Waals surface area contributed by atoms with Crippen molar-refractivity contribution in [3.8, 4) is 0 Å². The van der Waals surface area contributed by atoms with E-state index in [1.165, 1.54) is 24.0 Å². The molecule has 0 bridgehead atoms. The van der Waals surface area contributed by atoms with Crippen LogP contribution in [0.1, 0.15) is 68.9 Å². The fraction of sp³-hybridized carbons (Fsp3) is 0.682. The molecule has 1 aromatic rings. The number of sulfonamides is 1. The molecule has 5 nitrogen and oxygen atoms in total. The third-order valence-electron chi connectivity index (χ3n) is 6.86. The molecule has 1 aromatic carbocycles. The lowest BCUT2D eigenvalue weighted by Gasteiger charge is -2.39. The summed E-state index contributed by atoms with van der Waals surface area (Å²) in [5.74, 6) is 1.34. The minimum Gasteiger partial charge on any atom is -0.356 e. The minimum absolute atomic E-state index is 0.0241. The number of carbonyl (C=O) groups is 1. The number of amides is 1. The van der Waals surface area contributed by atoms with Gasteiger partial charge in [-0.25, -0.2) is 12.7 Å². The third-order valence-corrected chi connectivity index (χ3v) is 8.94. The van der Waals surface area contributed by atoms with Crippen LogP contribution in [0.2, 0.25) is 0 Å². The predicted molar refractivity (Wildman–Crippen MR) is 111 cm³/mol. The maximum absolute atomic E-state index is 12.5. The molecule has 154 valence electrons. The standard InChI is InChI=1S/C22H32N2O3S/c1-2-13-28(26,27)24-11-9-22(10-12-24)15-18(19-5-3-4-6-20(19)22)14-21(25)23-16-17-7-8-17/h3-6,17-18H,2,7-16H2,1H3,(H,23,25)/t18-/m1/s1. The molecule has 1 atom stereocenters. The van der Waals surface area contributed by atoms with Crippen molar-refractivity contribution in [1.82, 2.24) is 9.62 Å². The van der Waals surface area contributed by atoms with E-state index in [4.69, 9.17) is 0 Å². The molecular formula is C22H32N2O3S. The largest absolute Gasteiger partial charge is 0.356 e. The Morgan fingerprint density at radius 3 is 2.61 bits per heavy atom. The maximum atomic E-state index is 12.5. The zero-order valence-electron chi connectivity index (χ0n) is 16.8. The zero-order chi connectivity index (χ0) is 19.8. The Hall–Kier alpha value is -1.40. The first-order valence-corrected chi connectivity index (χ1v) is 12.4. The molecule has 6 heteroatoms. The molecule has 4 rings (SSSR count). The summed E-state index contributed by atoms with van der Waals surface area (Å²) in [6, 6.07) is 8.51. The lowest BCUT2D eigenvalue weighted by atomic mass is 9.73. The molecule has 0 unspecified atom stereocenters. The highest BCUT2D eigenvalue weighted by molar-refractivity contribution is 7.89. The summed E-state index contributed by atoms with van der Waals surface area (Å²) in [4.78, 5) is 12.5. The van der Waals surface area contributed by atoms with Crippen molar-refractivity contribution in [2.24, 2.45) is 5.92 Å². The van der Waals surface area contributed by atoms with Gasteiger partial charge >= 0.3 is 0 Å². The van der Waals surface area contributed by atoms with Gasteiger partial charge < -0.3 is 5.32 Å².